The summed E-state index contributed by atoms with van der Waals surface area (Å²) in [6.45, 7) is -0.0757. The Morgan fingerprint density at radius 3 is 2.57 bits per heavy atom. The molecule has 1 N–H and O–H groups in total. The van der Waals surface area contributed by atoms with Crippen LogP contribution in [0.15, 0.2) is 29.2 Å². The van der Waals surface area contributed by atoms with E-state index in [0.29, 0.717) is 6.07 Å². The van der Waals surface area contributed by atoms with Crippen LogP contribution in [0.4, 0.5) is 13.2 Å². The van der Waals surface area contributed by atoms with Crippen molar-refractivity contribution < 1.29 is 31.1 Å². The quantitative estimate of drug-likeness (QED) is 0.641. The molecule has 0 unspecified atom stereocenters. The fourth-order valence-corrected chi connectivity index (χ4v) is 2.58. The lowest BCUT2D eigenvalue weighted by Gasteiger charge is -2.10. The predicted octanol–water partition coefficient (Wildman–Crippen LogP) is 1.94. The number of hydrogen-bond acceptors (Lipinski definition) is 4. The Hall–Kier alpha value is -1.61. The first-order valence-corrected chi connectivity index (χ1v) is 7.39. The zero-order chi connectivity index (χ0) is 16.1. The fourth-order valence-electron chi connectivity index (χ4n) is 1.46. The van der Waals surface area contributed by atoms with Crippen LogP contribution >= 0.6 is 0 Å². The van der Waals surface area contributed by atoms with Crippen molar-refractivity contribution in [3.8, 4) is 0 Å². The average Bonchev–Trinajstić information content (AvgIpc) is 2.42. The molecule has 0 heterocycles. The van der Waals surface area contributed by atoms with Crippen LogP contribution in [0, 0.1) is 0 Å². The zero-order valence-corrected chi connectivity index (χ0v) is 11.9. The maximum atomic E-state index is 12.5. The number of alkyl halides is 3. The normalized spacial score (nSPS) is 12.2. The van der Waals surface area contributed by atoms with Crippen molar-refractivity contribution in [2.75, 3.05) is 13.7 Å². The smallest absolute Gasteiger partial charge is 0.416 e. The van der Waals surface area contributed by atoms with Crippen LogP contribution in [0.1, 0.15) is 18.4 Å². The Labute approximate surface area is 120 Å². The number of methoxy groups -OCH3 is 1. The molecule has 0 aliphatic carbocycles. The number of sulfonamides is 1. The zero-order valence-electron chi connectivity index (χ0n) is 11.1. The van der Waals surface area contributed by atoms with Gasteiger partial charge in [0.1, 0.15) is 0 Å². The average molecular weight is 325 g/mol. The van der Waals surface area contributed by atoms with E-state index in [1.165, 1.54) is 7.11 Å². The molecule has 1 rings (SSSR count). The third-order valence-electron chi connectivity index (χ3n) is 2.55. The molecular weight excluding hydrogens is 311 g/mol. The molecule has 0 aliphatic rings. The summed E-state index contributed by atoms with van der Waals surface area (Å²) in [7, 11) is -2.85. The van der Waals surface area contributed by atoms with E-state index in [4.69, 9.17) is 0 Å². The van der Waals surface area contributed by atoms with E-state index in [-0.39, 0.29) is 19.4 Å². The minimum Gasteiger partial charge on any atom is -0.469 e. The summed E-state index contributed by atoms with van der Waals surface area (Å²) >= 11 is 0. The van der Waals surface area contributed by atoms with Gasteiger partial charge < -0.3 is 4.74 Å². The van der Waals surface area contributed by atoms with E-state index in [0.717, 1.165) is 18.2 Å². The molecule has 118 valence electrons. The second-order valence-corrected chi connectivity index (χ2v) is 5.87. The topological polar surface area (TPSA) is 72.5 Å². The summed E-state index contributed by atoms with van der Waals surface area (Å²) in [4.78, 5) is 10.4. The summed E-state index contributed by atoms with van der Waals surface area (Å²) in [5.74, 6) is -0.492. The Bertz CT molecular complexity index is 599. The van der Waals surface area contributed by atoms with Gasteiger partial charge >= 0.3 is 12.1 Å². The molecule has 9 heteroatoms. The molecule has 0 saturated carbocycles. The Morgan fingerprint density at radius 1 is 1.33 bits per heavy atom. The maximum absolute atomic E-state index is 12.5. The van der Waals surface area contributed by atoms with Crippen molar-refractivity contribution >= 4 is 16.0 Å². The third-order valence-corrected chi connectivity index (χ3v) is 4.01. The number of hydrogen-bond donors (Lipinski definition) is 1. The molecule has 5 nitrogen and oxygen atoms in total. The van der Waals surface area contributed by atoms with Gasteiger partial charge in [-0.2, -0.15) is 13.2 Å². The van der Waals surface area contributed by atoms with Crippen molar-refractivity contribution in [3.05, 3.63) is 29.8 Å². The molecule has 0 atom stereocenters. The van der Waals surface area contributed by atoms with Crippen molar-refractivity contribution in [1.82, 2.24) is 4.72 Å². The van der Waals surface area contributed by atoms with Gasteiger partial charge in [-0.1, -0.05) is 6.07 Å². The van der Waals surface area contributed by atoms with Gasteiger partial charge in [-0.3, -0.25) is 4.79 Å². The highest BCUT2D eigenvalue weighted by Crippen LogP contribution is 2.30. The highest BCUT2D eigenvalue weighted by Gasteiger charge is 2.31. The number of benzene rings is 1. The summed E-state index contributed by atoms with van der Waals surface area (Å²) in [6, 6.07) is 3.43. The minimum absolute atomic E-state index is 0.0155. The third kappa shape index (κ3) is 5.35. The Morgan fingerprint density at radius 2 is 2.00 bits per heavy atom. The number of nitrogens with one attached hydrogen (secondary N) is 1. The molecule has 0 amide bonds. The van der Waals surface area contributed by atoms with E-state index in [9.17, 15) is 26.4 Å². The van der Waals surface area contributed by atoms with Crippen molar-refractivity contribution in [2.45, 2.75) is 23.9 Å². The number of ether oxygens (including phenoxy) is 1. The second-order valence-electron chi connectivity index (χ2n) is 4.10. The SMILES string of the molecule is COC(=O)CCCNS(=O)(=O)c1cccc(C(F)(F)F)c1. The van der Waals surface area contributed by atoms with Crippen LogP contribution in [0.25, 0.3) is 0 Å². The highest BCUT2D eigenvalue weighted by atomic mass is 32.2. The van der Waals surface area contributed by atoms with Crippen LogP contribution < -0.4 is 4.72 Å². The number of halogens is 3. The number of esters is 1. The molecular formula is C12H14F3NO4S. The maximum Gasteiger partial charge on any atom is 0.416 e. The molecule has 0 spiro atoms. The van der Waals surface area contributed by atoms with E-state index in [1.54, 1.807) is 0 Å². The van der Waals surface area contributed by atoms with Gasteiger partial charge in [0.15, 0.2) is 0 Å². The van der Waals surface area contributed by atoms with Crippen LogP contribution in [0.5, 0.6) is 0 Å². The predicted molar refractivity (Wildman–Crippen MR) is 67.9 cm³/mol. The molecule has 0 bridgehead atoms. The second kappa shape index (κ2) is 6.90. The lowest BCUT2D eigenvalue weighted by atomic mass is 10.2. The van der Waals surface area contributed by atoms with Crippen LogP contribution in [0.2, 0.25) is 0 Å². The molecule has 0 radical (unpaired) electrons. The van der Waals surface area contributed by atoms with Gasteiger partial charge in [0.2, 0.25) is 10.0 Å². The summed E-state index contributed by atoms with van der Waals surface area (Å²) in [6.07, 6.45) is -4.41. The van der Waals surface area contributed by atoms with Gasteiger partial charge in [-0.05, 0) is 24.6 Å². The Balaban J connectivity index is 2.73. The molecule has 0 aliphatic heterocycles. The molecule has 0 fully saturated rings. The first kappa shape index (κ1) is 17.4. The van der Waals surface area contributed by atoms with Gasteiger partial charge in [0.05, 0.1) is 17.6 Å². The number of carbonyl (C=O) groups excluding carboxylic acids is 1. The molecule has 0 saturated heterocycles. The summed E-state index contributed by atoms with van der Waals surface area (Å²) in [5.41, 5.74) is -1.04. The van der Waals surface area contributed by atoms with Gasteiger partial charge in [-0.25, -0.2) is 13.1 Å². The van der Waals surface area contributed by atoms with E-state index in [2.05, 4.69) is 9.46 Å². The van der Waals surface area contributed by atoms with Crippen molar-refractivity contribution in [3.63, 3.8) is 0 Å². The van der Waals surface area contributed by atoms with Crippen LogP contribution in [-0.4, -0.2) is 28.0 Å². The van der Waals surface area contributed by atoms with Crippen LogP contribution in [-0.2, 0) is 25.7 Å². The molecule has 1 aromatic carbocycles. The minimum atomic E-state index is -4.61. The first-order chi connectivity index (χ1) is 9.66. The molecule has 1 aromatic rings. The first-order valence-electron chi connectivity index (χ1n) is 5.90. The lowest BCUT2D eigenvalue weighted by Crippen LogP contribution is -2.25. The van der Waals surface area contributed by atoms with Gasteiger partial charge in [0, 0.05) is 13.0 Å². The van der Waals surface area contributed by atoms with E-state index in [1.807, 2.05) is 0 Å². The number of rotatable bonds is 6. The van der Waals surface area contributed by atoms with E-state index < -0.39 is 32.6 Å². The monoisotopic (exact) mass is 325 g/mol. The number of carbonyl (C=O) groups is 1. The summed E-state index contributed by atoms with van der Waals surface area (Å²) < 4.78 is 67.7. The molecule has 21 heavy (non-hydrogen) atoms. The fraction of sp³-hybridized carbons (Fsp3) is 0.417. The summed E-state index contributed by atoms with van der Waals surface area (Å²) in [5, 5.41) is 0. The standard InChI is InChI=1S/C12H14F3NO4S/c1-20-11(17)6-3-7-16-21(18,19)10-5-2-4-9(8-10)12(13,14)15/h2,4-5,8,16H,3,6-7H2,1H3. The van der Waals surface area contributed by atoms with Crippen molar-refractivity contribution in [1.29, 1.82) is 0 Å². The van der Waals surface area contributed by atoms with E-state index >= 15 is 0 Å². The molecule has 0 aromatic heterocycles. The van der Waals surface area contributed by atoms with Gasteiger partial charge in [0.25, 0.3) is 0 Å². The largest absolute Gasteiger partial charge is 0.469 e. The Kier molecular flexibility index (Phi) is 5.73. The van der Waals surface area contributed by atoms with Crippen molar-refractivity contribution in [2.24, 2.45) is 0 Å². The van der Waals surface area contributed by atoms with Gasteiger partial charge in [-0.15, -0.1) is 0 Å². The highest BCUT2D eigenvalue weighted by molar-refractivity contribution is 7.89. The lowest BCUT2D eigenvalue weighted by molar-refractivity contribution is -0.140. The van der Waals surface area contributed by atoms with Crippen LogP contribution in [0.3, 0.4) is 0 Å².